The van der Waals surface area contributed by atoms with Crippen molar-refractivity contribution >= 4 is 17.5 Å². The highest BCUT2D eigenvalue weighted by atomic mass is 35.5. The maximum atomic E-state index is 13.5. The van der Waals surface area contributed by atoms with Gasteiger partial charge < -0.3 is 10.1 Å². The zero-order valence-corrected chi connectivity index (χ0v) is 15.1. The number of benzene rings is 2. The van der Waals surface area contributed by atoms with Gasteiger partial charge in [0.05, 0.1) is 6.04 Å². The van der Waals surface area contributed by atoms with Crippen LogP contribution in [0.3, 0.4) is 0 Å². The Morgan fingerprint density at radius 3 is 2.64 bits per heavy atom. The van der Waals surface area contributed by atoms with Gasteiger partial charge in [-0.15, -0.1) is 0 Å². The Kier molecular flexibility index (Phi) is 7.22. The van der Waals surface area contributed by atoms with Crippen molar-refractivity contribution in [2.45, 2.75) is 19.5 Å². The normalized spacial score (nSPS) is 12.0. The number of ether oxygens (including phenoxy) is 1. The van der Waals surface area contributed by atoms with E-state index in [1.165, 1.54) is 6.07 Å². The minimum Gasteiger partial charge on any atom is -0.489 e. The van der Waals surface area contributed by atoms with E-state index in [0.717, 1.165) is 5.56 Å². The van der Waals surface area contributed by atoms with Crippen LogP contribution in [0, 0.1) is 5.82 Å². The molecule has 1 unspecified atom stereocenters. The minimum atomic E-state index is -0.393. The number of nitrogens with zero attached hydrogens (tertiary/aromatic N) is 1. The van der Waals surface area contributed by atoms with Gasteiger partial charge >= 0.3 is 0 Å². The van der Waals surface area contributed by atoms with E-state index in [9.17, 15) is 9.18 Å². The van der Waals surface area contributed by atoms with Crippen molar-refractivity contribution < 1.29 is 13.9 Å². The van der Waals surface area contributed by atoms with Gasteiger partial charge in [-0.1, -0.05) is 41.9 Å². The van der Waals surface area contributed by atoms with E-state index < -0.39 is 5.82 Å². The topological polar surface area (TPSA) is 41.6 Å². The van der Waals surface area contributed by atoms with Gasteiger partial charge in [-0.05, 0) is 37.7 Å². The summed E-state index contributed by atoms with van der Waals surface area (Å²) in [4.78, 5) is 14.1. The van der Waals surface area contributed by atoms with E-state index in [1.807, 2.05) is 37.1 Å². The third kappa shape index (κ3) is 5.73. The Labute approximate surface area is 152 Å². The van der Waals surface area contributed by atoms with E-state index in [-0.39, 0.29) is 17.7 Å². The van der Waals surface area contributed by atoms with Crippen LogP contribution in [0.1, 0.15) is 12.5 Å². The van der Waals surface area contributed by atoms with E-state index >= 15 is 0 Å². The van der Waals surface area contributed by atoms with Crippen LogP contribution in [0.4, 0.5) is 4.39 Å². The number of nitrogens with one attached hydrogen (secondary N) is 1. The maximum absolute atomic E-state index is 13.5. The number of carbonyl (C=O) groups excluding carboxylic acids is 1. The minimum absolute atomic E-state index is 0.103. The first-order valence-corrected chi connectivity index (χ1v) is 8.45. The average Bonchev–Trinajstić information content (AvgIpc) is 2.61. The van der Waals surface area contributed by atoms with Crippen molar-refractivity contribution in [1.82, 2.24) is 10.2 Å². The molecule has 2 rings (SSSR count). The summed E-state index contributed by atoms with van der Waals surface area (Å²) in [6.45, 7) is 2.97. The Morgan fingerprint density at radius 1 is 1.24 bits per heavy atom. The van der Waals surface area contributed by atoms with Gasteiger partial charge in [-0.3, -0.25) is 9.69 Å². The molecule has 2 aromatic rings. The summed E-state index contributed by atoms with van der Waals surface area (Å²) in [6.07, 6.45) is 0. The summed E-state index contributed by atoms with van der Waals surface area (Å²) in [6, 6.07) is 13.3. The van der Waals surface area contributed by atoms with Gasteiger partial charge in [0, 0.05) is 18.1 Å². The van der Waals surface area contributed by atoms with Crippen molar-refractivity contribution in [2.75, 3.05) is 20.2 Å². The van der Waals surface area contributed by atoms with Crippen molar-refractivity contribution in [2.24, 2.45) is 0 Å². The van der Waals surface area contributed by atoms with Crippen LogP contribution in [0.5, 0.6) is 5.75 Å². The summed E-state index contributed by atoms with van der Waals surface area (Å²) < 4.78 is 18.9. The van der Waals surface area contributed by atoms with Gasteiger partial charge in [0.25, 0.3) is 0 Å². The van der Waals surface area contributed by atoms with Crippen molar-refractivity contribution in [3.8, 4) is 5.75 Å². The van der Waals surface area contributed by atoms with E-state index in [4.69, 9.17) is 16.3 Å². The highest BCUT2D eigenvalue weighted by Gasteiger charge is 2.18. The molecular formula is C19H22ClFN2O2. The number of rotatable bonds is 8. The Morgan fingerprint density at radius 2 is 1.92 bits per heavy atom. The number of amides is 1. The predicted molar refractivity (Wildman–Crippen MR) is 97.3 cm³/mol. The van der Waals surface area contributed by atoms with Crippen LogP contribution in [0.2, 0.25) is 5.02 Å². The third-order valence-corrected chi connectivity index (χ3v) is 4.36. The number of hydrogen-bond acceptors (Lipinski definition) is 3. The van der Waals surface area contributed by atoms with Gasteiger partial charge in [-0.25, -0.2) is 4.39 Å². The monoisotopic (exact) mass is 364 g/mol. The van der Waals surface area contributed by atoms with Crippen LogP contribution in [-0.4, -0.2) is 37.0 Å². The van der Waals surface area contributed by atoms with E-state index in [1.54, 1.807) is 24.3 Å². The van der Waals surface area contributed by atoms with Crippen LogP contribution in [-0.2, 0) is 11.3 Å². The van der Waals surface area contributed by atoms with Crippen LogP contribution in [0.25, 0.3) is 0 Å². The smallest absolute Gasteiger partial charge is 0.237 e. The molecular weight excluding hydrogens is 343 g/mol. The molecule has 0 saturated carbocycles. The Balaban J connectivity index is 1.77. The molecule has 4 nitrogen and oxygen atoms in total. The fourth-order valence-electron chi connectivity index (χ4n) is 2.23. The highest BCUT2D eigenvalue weighted by Crippen LogP contribution is 2.16. The highest BCUT2D eigenvalue weighted by molar-refractivity contribution is 6.31. The van der Waals surface area contributed by atoms with Crippen molar-refractivity contribution in [3.63, 3.8) is 0 Å². The molecule has 25 heavy (non-hydrogen) atoms. The van der Waals surface area contributed by atoms with Crippen LogP contribution in [0.15, 0.2) is 48.5 Å². The molecule has 2 aromatic carbocycles. The molecule has 1 amide bonds. The molecule has 0 heterocycles. The molecule has 0 bridgehead atoms. The first-order valence-electron chi connectivity index (χ1n) is 8.07. The lowest BCUT2D eigenvalue weighted by molar-refractivity contribution is -0.125. The SMILES string of the molecule is CC(C(=O)NCc1ccccc1Cl)N(C)CCOc1ccccc1F. The third-order valence-electron chi connectivity index (χ3n) is 3.99. The number of likely N-dealkylation sites (N-methyl/N-ethyl adjacent to an activating group) is 1. The molecule has 0 aliphatic rings. The summed E-state index contributed by atoms with van der Waals surface area (Å²) in [5.74, 6) is -0.282. The number of carbonyl (C=O) groups is 1. The standard InChI is InChI=1S/C19H22ClFN2O2/c1-14(19(24)22-13-15-7-3-4-8-16(15)20)23(2)11-12-25-18-10-6-5-9-17(18)21/h3-10,14H,11-13H2,1-2H3,(H,22,24). The van der Waals surface area contributed by atoms with E-state index in [0.29, 0.717) is 24.7 Å². The summed E-state index contributed by atoms with van der Waals surface area (Å²) in [5.41, 5.74) is 0.871. The number of halogens is 2. The first-order chi connectivity index (χ1) is 12.0. The second-order valence-corrected chi connectivity index (χ2v) is 6.15. The summed E-state index contributed by atoms with van der Waals surface area (Å²) in [5, 5.41) is 3.50. The summed E-state index contributed by atoms with van der Waals surface area (Å²) >= 11 is 6.08. The first kappa shape index (κ1) is 19.2. The van der Waals surface area contributed by atoms with Gasteiger partial charge in [-0.2, -0.15) is 0 Å². The molecule has 134 valence electrons. The van der Waals surface area contributed by atoms with Gasteiger partial charge in [0.2, 0.25) is 5.91 Å². The molecule has 0 aliphatic carbocycles. The van der Waals surface area contributed by atoms with Gasteiger partial charge in [0.15, 0.2) is 11.6 Å². The second-order valence-electron chi connectivity index (χ2n) is 5.74. The molecule has 1 atom stereocenters. The largest absolute Gasteiger partial charge is 0.489 e. The molecule has 0 saturated heterocycles. The molecule has 0 radical (unpaired) electrons. The van der Waals surface area contributed by atoms with Crippen LogP contribution < -0.4 is 10.1 Å². The lowest BCUT2D eigenvalue weighted by Crippen LogP contribution is -2.44. The molecule has 6 heteroatoms. The molecule has 0 spiro atoms. The molecule has 0 aromatic heterocycles. The van der Waals surface area contributed by atoms with Gasteiger partial charge in [0.1, 0.15) is 6.61 Å². The zero-order chi connectivity index (χ0) is 18.2. The maximum Gasteiger partial charge on any atom is 0.237 e. The molecule has 0 fully saturated rings. The quantitative estimate of drug-likeness (QED) is 0.779. The van der Waals surface area contributed by atoms with Crippen molar-refractivity contribution in [3.05, 3.63) is 64.9 Å². The summed E-state index contributed by atoms with van der Waals surface area (Å²) in [7, 11) is 1.82. The average molecular weight is 365 g/mol. The molecule has 1 N–H and O–H groups in total. The van der Waals surface area contributed by atoms with E-state index in [2.05, 4.69) is 5.32 Å². The number of hydrogen-bond donors (Lipinski definition) is 1. The lowest BCUT2D eigenvalue weighted by atomic mass is 10.2. The zero-order valence-electron chi connectivity index (χ0n) is 14.3. The Hall–Kier alpha value is -2.11. The fourth-order valence-corrected chi connectivity index (χ4v) is 2.43. The number of para-hydroxylation sites is 1. The molecule has 0 aliphatic heterocycles. The second kappa shape index (κ2) is 9.39. The van der Waals surface area contributed by atoms with Crippen LogP contribution >= 0.6 is 11.6 Å². The predicted octanol–water partition coefficient (Wildman–Crippen LogP) is 3.49. The fraction of sp³-hybridized carbons (Fsp3) is 0.316. The Bertz CT molecular complexity index is 711. The lowest BCUT2D eigenvalue weighted by Gasteiger charge is -2.24. The van der Waals surface area contributed by atoms with Crippen molar-refractivity contribution in [1.29, 1.82) is 0 Å².